The molecule has 1 aromatic heterocycles. The van der Waals surface area contributed by atoms with Crippen LogP contribution < -0.4 is 21.1 Å². The fourth-order valence-electron chi connectivity index (χ4n) is 8.82. The molecule has 0 radical (unpaired) electrons. The molecule has 4 amide bonds. The molecule has 1 aromatic carbocycles. The van der Waals surface area contributed by atoms with Crippen LogP contribution in [0.5, 0.6) is 0 Å². The molecule has 3 atom stereocenters. The standard InChI is InChI=1S/C38H54N8O10S2/c1-37(2,52)31-22-40-44-46(31)27-21-30(35(50)42-38(32(47)33(39)48)16-18-57(53,54)19-17-38)45(23-27)36(51)29(20-24-8-4-3-5-9-24)41-34(49)25-12-14-28(15-13-25)58(55,56)43-26-10-6-7-11-26/h12-15,22,24,26-27,29-30,43,52H,3-11,16-21,23H2,1-2H3,(H2,39,48)(H,41,49)(H,42,50)/t27-,29-,30+/m1/s1. The van der Waals surface area contributed by atoms with Crippen molar-refractivity contribution in [1.82, 2.24) is 35.2 Å². The van der Waals surface area contributed by atoms with E-state index in [4.69, 9.17) is 5.73 Å². The van der Waals surface area contributed by atoms with Gasteiger partial charge in [0.25, 0.3) is 11.8 Å². The Hall–Kier alpha value is -4.27. The smallest absolute Gasteiger partial charge is 0.287 e. The number of aliphatic hydroxyl groups is 1. The van der Waals surface area contributed by atoms with Crippen molar-refractivity contribution in [2.45, 2.75) is 138 Å². The average molecular weight is 847 g/mol. The zero-order chi connectivity index (χ0) is 42.0. The highest BCUT2D eigenvalue weighted by Gasteiger charge is 2.51. The van der Waals surface area contributed by atoms with E-state index >= 15 is 0 Å². The molecule has 4 aliphatic rings. The second-order valence-corrected chi connectivity index (χ2v) is 20.8. The molecule has 2 saturated heterocycles. The summed E-state index contributed by atoms with van der Waals surface area (Å²) in [5.74, 6) is -5.45. The van der Waals surface area contributed by atoms with Crippen LogP contribution in [-0.2, 0) is 44.6 Å². The highest BCUT2D eigenvalue weighted by Crippen LogP contribution is 2.35. The first-order valence-corrected chi connectivity index (χ1v) is 23.3. The number of Topliss-reactive ketones (excluding diaryl/α,β-unsaturated/α-hetero) is 1. The Morgan fingerprint density at radius 2 is 1.60 bits per heavy atom. The maximum Gasteiger partial charge on any atom is 0.287 e. The van der Waals surface area contributed by atoms with Crippen LogP contribution in [-0.4, -0.2) is 113 Å². The first kappa shape index (κ1) is 43.3. The van der Waals surface area contributed by atoms with E-state index in [1.165, 1.54) is 53.9 Å². The molecule has 20 heteroatoms. The third kappa shape index (κ3) is 9.77. The molecule has 0 spiro atoms. The molecule has 6 N–H and O–H groups in total. The monoisotopic (exact) mass is 846 g/mol. The van der Waals surface area contributed by atoms with Gasteiger partial charge in [0.15, 0.2) is 9.84 Å². The lowest BCUT2D eigenvalue weighted by Crippen LogP contribution is -2.64. The Morgan fingerprint density at radius 1 is 0.983 bits per heavy atom. The lowest BCUT2D eigenvalue weighted by molar-refractivity contribution is -0.145. The number of likely N-dealkylation sites (tertiary alicyclic amines) is 1. The molecule has 6 rings (SSSR count). The molecule has 3 heterocycles. The van der Waals surface area contributed by atoms with E-state index in [2.05, 4.69) is 25.7 Å². The molecule has 2 aliphatic carbocycles. The summed E-state index contributed by atoms with van der Waals surface area (Å²) in [7, 11) is -7.38. The lowest BCUT2D eigenvalue weighted by Gasteiger charge is -2.37. The molecule has 0 unspecified atom stereocenters. The minimum absolute atomic E-state index is 0.00411. The van der Waals surface area contributed by atoms with Gasteiger partial charge in [0.05, 0.1) is 34.3 Å². The number of aromatic nitrogens is 3. The highest BCUT2D eigenvalue weighted by atomic mass is 32.2. The van der Waals surface area contributed by atoms with Gasteiger partial charge in [-0.05, 0) is 76.1 Å². The van der Waals surface area contributed by atoms with Crippen molar-refractivity contribution in [1.29, 1.82) is 0 Å². The van der Waals surface area contributed by atoms with Gasteiger partial charge in [-0.25, -0.2) is 26.2 Å². The van der Waals surface area contributed by atoms with E-state index in [0.717, 1.165) is 57.8 Å². The number of ketones is 1. The minimum atomic E-state index is -3.82. The molecule has 2 aliphatic heterocycles. The van der Waals surface area contributed by atoms with Crippen LogP contribution in [0.4, 0.5) is 0 Å². The molecule has 2 aromatic rings. The van der Waals surface area contributed by atoms with Crippen molar-refractivity contribution in [3.05, 3.63) is 41.7 Å². The Bertz CT molecular complexity index is 2090. The van der Waals surface area contributed by atoms with Gasteiger partial charge in [-0.3, -0.25) is 24.0 Å². The first-order chi connectivity index (χ1) is 27.3. The molecular weight excluding hydrogens is 793 g/mol. The molecule has 0 bridgehead atoms. The Kier molecular flexibility index (Phi) is 12.8. The van der Waals surface area contributed by atoms with E-state index < -0.39 is 103 Å². The summed E-state index contributed by atoms with van der Waals surface area (Å²) >= 11 is 0. The Balaban J connectivity index is 1.30. The number of nitrogens with zero attached hydrogens (tertiary/aromatic N) is 4. The quantitative estimate of drug-likeness (QED) is 0.165. The zero-order valence-corrected chi connectivity index (χ0v) is 34.5. The van der Waals surface area contributed by atoms with Crippen molar-refractivity contribution in [2.24, 2.45) is 11.7 Å². The maximum atomic E-state index is 14.9. The van der Waals surface area contributed by atoms with Crippen LogP contribution in [0, 0.1) is 5.92 Å². The van der Waals surface area contributed by atoms with Gasteiger partial charge in [0.1, 0.15) is 23.2 Å². The number of carbonyl (C=O) groups excluding carboxylic acids is 5. The van der Waals surface area contributed by atoms with Gasteiger partial charge < -0.3 is 26.4 Å². The maximum absolute atomic E-state index is 14.9. The van der Waals surface area contributed by atoms with Crippen molar-refractivity contribution in [3.63, 3.8) is 0 Å². The first-order valence-electron chi connectivity index (χ1n) is 20.0. The van der Waals surface area contributed by atoms with Gasteiger partial charge in [0, 0.05) is 24.6 Å². The Morgan fingerprint density at radius 3 is 2.21 bits per heavy atom. The number of hydrogen-bond acceptors (Lipinski definition) is 12. The van der Waals surface area contributed by atoms with E-state index in [1.807, 2.05) is 0 Å². The summed E-state index contributed by atoms with van der Waals surface area (Å²) in [5.41, 5.74) is 2.47. The average Bonchev–Trinajstić information content (AvgIpc) is 3.97. The summed E-state index contributed by atoms with van der Waals surface area (Å²) in [5, 5.41) is 24.5. The number of amides is 4. The topological polar surface area (TPSA) is 270 Å². The van der Waals surface area contributed by atoms with Crippen LogP contribution >= 0.6 is 0 Å². The van der Waals surface area contributed by atoms with Gasteiger partial charge in [-0.15, -0.1) is 5.10 Å². The number of rotatable bonds is 14. The highest BCUT2D eigenvalue weighted by molar-refractivity contribution is 7.91. The van der Waals surface area contributed by atoms with E-state index in [9.17, 15) is 45.9 Å². The second kappa shape index (κ2) is 17.1. The van der Waals surface area contributed by atoms with Crippen LogP contribution in [0.2, 0.25) is 0 Å². The van der Waals surface area contributed by atoms with Crippen LogP contribution in [0.1, 0.15) is 119 Å². The van der Waals surface area contributed by atoms with Crippen molar-refractivity contribution in [3.8, 4) is 0 Å². The van der Waals surface area contributed by atoms with Crippen molar-refractivity contribution < 1.29 is 45.9 Å². The number of benzene rings is 1. The summed E-state index contributed by atoms with van der Waals surface area (Å²) in [6.45, 7) is 2.95. The number of sulfonamides is 1. The number of nitrogens with one attached hydrogen (secondary N) is 3. The normalized spacial score (nSPS) is 23.3. The molecule has 2 saturated carbocycles. The molecule has 318 valence electrons. The van der Waals surface area contributed by atoms with Crippen LogP contribution in [0.3, 0.4) is 0 Å². The van der Waals surface area contributed by atoms with E-state index in [-0.39, 0.29) is 41.8 Å². The van der Waals surface area contributed by atoms with E-state index in [0.29, 0.717) is 5.69 Å². The van der Waals surface area contributed by atoms with E-state index in [1.54, 1.807) is 0 Å². The molecule has 58 heavy (non-hydrogen) atoms. The fourth-order valence-corrected chi connectivity index (χ4v) is 11.6. The van der Waals surface area contributed by atoms with Gasteiger partial charge in [0.2, 0.25) is 27.6 Å². The summed E-state index contributed by atoms with van der Waals surface area (Å²) in [6.07, 6.45) is 8.73. The number of nitrogens with two attached hydrogens (primary N) is 1. The molecule has 4 fully saturated rings. The van der Waals surface area contributed by atoms with Crippen LogP contribution in [0.15, 0.2) is 35.4 Å². The number of sulfone groups is 1. The summed E-state index contributed by atoms with van der Waals surface area (Å²) in [4.78, 5) is 69.9. The van der Waals surface area contributed by atoms with Gasteiger partial charge in [-0.2, -0.15) is 0 Å². The van der Waals surface area contributed by atoms with Crippen molar-refractivity contribution >= 4 is 49.3 Å². The molecule has 18 nitrogen and oxygen atoms in total. The lowest BCUT2D eigenvalue weighted by atomic mass is 9.84. The van der Waals surface area contributed by atoms with Crippen molar-refractivity contribution in [2.75, 3.05) is 18.1 Å². The van der Waals surface area contributed by atoms with Crippen LogP contribution in [0.25, 0.3) is 0 Å². The largest absolute Gasteiger partial charge is 0.384 e. The SMILES string of the molecule is CC(C)(O)c1cnnn1[C@@H]1C[C@@H](C(=O)NC2(C(=O)C(N)=O)CCS(=O)(=O)CC2)N(C(=O)[C@@H](CC2CCCCC2)NC(=O)c2ccc(S(=O)(=O)NC3CCCC3)cc2)C1. The summed E-state index contributed by atoms with van der Waals surface area (Å²) in [6, 6.07) is 2.15. The Labute approximate surface area is 338 Å². The number of hydrogen-bond donors (Lipinski definition) is 5. The predicted octanol–water partition coefficient (Wildman–Crippen LogP) is 0.755. The second-order valence-electron chi connectivity index (χ2n) is 16.8. The van der Waals surface area contributed by atoms with Gasteiger partial charge >= 0.3 is 0 Å². The third-order valence-corrected chi connectivity index (χ3v) is 15.3. The third-order valence-electron chi connectivity index (χ3n) is 12.1. The summed E-state index contributed by atoms with van der Waals surface area (Å²) < 4.78 is 54.9. The van der Waals surface area contributed by atoms with Gasteiger partial charge in [-0.1, -0.05) is 50.2 Å². The minimum Gasteiger partial charge on any atom is -0.384 e. The fraction of sp³-hybridized carbons (Fsp3) is 0.658. The predicted molar refractivity (Wildman–Crippen MR) is 209 cm³/mol. The number of carbonyl (C=O) groups is 5. The zero-order valence-electron chi connectivity index (χ0n) is 32.9. The molecular formula is C38H54N8O10S2. The number of primary amides is 1.